The van der Waals surface area contributed by atoms with Gasteiger partial charge in [-0.1, -0.05) is 48.5 Å². The first-order valence-corrected chi connectivity index (χ1v) is 8.01. The third kappa shape index (κ3) is 4.47. The van der Waals surface area contributed by atoms with Gasteiger partial charge in [-0.2, -0.15) is 0 Å². The van der Waals surface area contributed by atoms with E-state index in [1.807, 2.05) is 30.3 Å². The van der Waals surface area contributed by atoms with E-state index < -0.39 is 6.04 Å². The highest BCUT2D eigenvalue weighted by molar-refractivity contribution is 5.80. The molecule has 0 aliphatic carbocycles. The van der Waals surface area contributed by atoms with Gasteiger partial charge in [-0.3, -0.25) is 4.79 Å². The molecule has 0 aliphatic rings. The van der Waals surface area contributed by atoms with Gasteiger partial charge < -0.3 is 5.32 Å². The molecular weight excluding hydrogens is 321 g/mol. The van der Waals surface area contributed by atoms with Crippen molar-refractivity contribution in [1.29, 1.82) is 0 Å². The fourth-order valence-corrected chi connectivity index (χ4v) is 2.59. The van der Waals surface area contributed by atoms with Crippen LogP contribution in [0.5, 0.6) is 0 Å². The minimum Gasteiger partial charge on any atom is -0.354 e. The number of rotatable bonds is 7. The SMILES string of the molecule is O=C(NCCc1ccccc1F)[C@H](Cc1ccccc1)n1cnnn1. The summed E-state index contributed by atoms with van der Waals surface area (Å²) in [6.45, 7) is 0.340. The van der Waals surface area contributed by atoms with Gasteiger partial charge >= 0.3 is 0 Å². The van der Waals surface area contributed by atoms with E-state index in [1.54, 1.807) is 18.2 Å². The number of halogens is 1. The van der Waals surface area contributed by atoms with Crippen LogP contribution in [0.3, 0.4) is 0 Å². The van der Waals surface area contributed by atoms with Crippen LogP contribution in [0.15, 0.2) is 60.9 Å². The molecule has 0 saturated heterocycles. The van der Waals surface area contributed by atoms with Crippen molar-refractivity contribution in [2.24, 2.45) is 0 Å². The number of aromatic nitrogens is 4. The van der Waals surface area contributed by atoms with E-state index in [-0.39, 0.29) is 11.7 Å². The maximum atomic E-state index is 13.6. The van der Waals surface area contributed by atoms with Gasteiger partial charge in [-0.05, 0) is 34.0 Å². The summed E-state index contributed by atoms with van der Waals surface area (Å²) in [4.78, 5) is 12.6. The molecule has 0 fully saturated rings. The third-order valence-corrected chi connectivity index (χ3v) is 3.91. The van der Waals surface area contributed by atoms with Crippen LogP contribution in [0.2, 0.25) is 0 Å². The van der Waals surface area contributed by atoms with Gasteiger partial charge in [-0.25, -0.2) is 9.07 Å². The molecule has 1 heterocycles. The molecular formula is C18H18FN5O. The van der Waals surface area contributed by atoms with Crippen molar-refractivity contribution in [2.75, 3.05) is 6.54 Å². The molecule has 1 aromatic heterocycles. The summed E-state index contributed by atoms with van der Waals surface area (Å²) in [5, 5.41) is 13.9. The first-order valence-electron chi connectivity index (χ1n) is 8.01. The number of tetrazole rings is 1. The Hall–Kier alpha value is -3.09. The van der Waals surface area contributed by atoms with Crippen LogP contribution in [0.4, 0.5) is 4.39 Å². The predicted molar refractivity (Wildman–Crippen MR) is 90.1 cm³/mol. The average molecular weight is 339 g/mol. The summed E-state index contributed by atoms with van der Waals surface area (Å²) in [6.07, 6.45) is 2.31. The number of carbonyl (C=O) groups is 1. The van der Waals surface area contributed by atoms with Crippen LogP contribution in [0, 0.1) is 5.82 Å². The second kappa shape index (κ2) is 8.14. The molecule has 3 aromatic rings. The largest absolute Gasteiger partial charge is 0.354 e. The van der Waals surface area contributed by atoms with Crippen molar-refractivity contribution in [2.45, 2.75) is 18.9 Å². The zero-order valence-electron chi connectivity index (χ0n) is 13.5. The number of nitrogens with one attached hydrogen (secondary N) is 1. The van der Waals surface area contributed by atoms with E-state index in [4.69, 9.17) is 0 Å². The predicted octanol–water partition coefficient (Wildman–Crippen LogP) is 1.95. The van der Waals surface area contributed by atoms with E-state index in [0.29, 0.717) is 24.9 Å². The normalized spacial score (nSPS) is 11.9. The van der Waals surface area contributed by atoms with Crippen molar-refractivity contribution in [3.63, 3.8) is 0 Å². The molecule has 1 amide bonds. The van der Waals surface area contributed by atoms with Gasteiger partial charge in [0.25, 0.3) is 0 Å². The van der Waals surface area contributed by atoms with E-state index in [1.165, 1.54) is 17.1 Å². The Morgan fingerprint density at radius 1 is 1.12 bits per heavy atom. The Bertz CT molecular complexity index is 807. The summed E-state index contributed by atoms with van der Waals surface area (Å²) in [7, 11) is 0. The molecule has 2 aromatic carbocycles. The lowest BCUT2D eigenvalue weighted by Gasteiger charge is -2.16. The minimum atomic E-state index is -0.557. The van der Waals surface area contributed by atoms with E-state index >= 15 is 0 Å². The smallest absolute Gasteiger partial charge is 0.245 e. The topological polar surface area (TPSA) is 72.7 Å². The molecule has 0 radical (unpaired) electrons. The summed E-state index contributed by atoms with van der Waals surface area (Å²) in [5.74, 6) is -0.467. The van der Waals surface area contributed by atoms with Crippen LogP contribution < -0.4 is 5.32 Å². The second-order valence-electron chi connectivity index (χ2n) is 5.63. The lowest BCUT2D eigenvalue weighted by atomic mass is 10.1. The molecule has 0 bridgehead atoms. The number of hydrogen-bond donors (Lipinski definition) is 1. The summed E-state index contributed by atoms with van der Waals surface area (Å²) in [6, 6.07) is 15.6. The minimum absolute atomic E-state index is 0.201. The summed E-state index contributed by atoms with van der Waals surface area (Å²) in [5.41, 5.74) is 1.58. The standard InChI is InChI=1S/C18H18FN5O/c19-16-9-5-4-8-15(16)10-11-20-18(25)17(24-13-21-22-23-24)12-14-6-2-1-3-7-14/h1-9,13,17H,10-12H2,(H,20,25)/t17-/m0/s1. The molecule has 7 heteroatoms. The Morgan fingerprint density at radius 2 is 1.88 bits per heavy atom. The van der Waals surface area contributed by atoms with Gasteiger partial charge in [0.15, 0.2) is 0 Å². The molecule has 25 heavy (non-hydrogen) atoms. The highest BCUT2D eigenvalue weighted by Crippen LogP contribution is 2.13. The van der Waals surface area contributed by atoms with Gasteiger partial charge in [0.1, 0.15) is 18.2 Å². The van der Waals surface area contributed by atoms with Crippen LogP contribution in [-0.2, 0) is 17.6 Å². The van der Waals surface area contributed by atoms with Crippen molar-refractivity contribution < 1.29 is 9.18 Å². The molecule has 1 N–H and O–H groups in total. The second-order valence-corrected chi connectivity index (χ2v) is 5.63. The highest BCUT2D eigenvalue weighted by atomic mass is 19.1. The van der Waals surface area contributed by atoms with Crippen LogP contribution in [0.25, 0.3) is 0 Å². The maximum Gasteiger partial charge on any atom is 0.245 e. The number of amides is 1. The molecule has 0 aliphatic heterocycles. The van der Waals surface area contributed by atoms with E-state index in [2.05, 4.69) is 20.8 Å². The molecule has 0 spiro atoms. The Morgan fingerprint density at radius 3 is 2.60 bits per heavy atom. The quantitative estimate of drug-likeness (QED) is 0.714. The first kappa shape index (κ1) is 16.8. The van der Waals surface area contributed by atoms with Gasteiger partial charge in [0.05, 0.1) is 0 Å². The number of benzene rings is 2. The fraction of sp³-hybridized carbons (Fsp3) is 0.222. The average Bonchev–Trinajstić information content (AvgIpc) is 3.16. The first-order chi connectivity index (χ1) is 12.2. The van der Waals surface area contributed by atoms with E-state index in [0.717, 1.165) is 5.56 Å². The van der Waals surface area contributed by atoms with Crippen molar-refractivity contribution in [3.8, 4) is 0 Å². The van der Waals surface area contributed by atoms with Crippen molar-refractivity contribution in [1.82, 2.24) is 25.5 Å². The Labute approximate surface area is 144 Å². The number of carbonyl (C=O) groups excluding carboxylic acids is 1. The van der Waals surface area contributed by atoms with Gasteiger partial charge in [-0.15, -0.1) is 5.10 Å². The molecule has 0 saturated carbocycles. The zero-order valence-corrected chi connectivity index (χ0v) is 13.5. The summed E-state index contributed by atoms with van der Waals surface area (Å²) < 4.78 is 15.1. The molecule has 6 nitrogen and oxygen atoms in total. The molecule has 1 atom stereocenters. The van der Waals surface area contributed by atoms with Crippen molar-refractivity contribution >= 4 is 5.91 Å². The third-order valence-electron chi connectivity index (χ3n) is 3.91. The lowest BCUT2D eigenvalue weighted by molar-refractivity contribution is -0.124. The highest BCUT2D eigenvalue weighted by Gasteiger charge is 2.22. The summed E-state index contributed by atoms with van der Waals surface area (Å²) >= 11 is 0. The Kier molecular flexibility index (Phi) is 5.46. The van der Waals surface area contributed by atoms with Crippen LogP contribution in [-0.4, -0.2) is 32.7 Å². The van der Waals surface area contributed by atoms with Crippen LogP contribution >= 0.6 is 0 Å². The lowest BCUT2D eigenvalue weighted by Crippen LogP contribution is -2.35. The monoisotopic (exact) mass is 339 g/mol. The zero-order chi connectivity index (χ0) is 17.5. The van der Waals surface area contributed by atoms with E-state index in [9.17, 15) is 9.18 Å². The number of nitrogens with zero attached hydrogens (tertiary/aromatic N) is 4. The molecule has 3 rings (SSSR count). The molecule has 0 unspecified atom stereocenters. The van der Waals surface area contributed by atoms with Crippen LogP contribution in [0.1, 0.15) is 17.2 Å². The van der Waals surface area contributed by atoms with Gasteiger partial charge in [0.2, 0.25) is 5.91 Å². The fourth-order valence-electron chi connectivity index (χ4n) is 2.59. The molecule has 128 valence electrons. The van der Waals surface area contributed by atoms with Crippen molar-refractivity contribution in [3.05, 3.63) is 77.9 Å². The number of hydrogen-bond acceptors (Lipinski definition) is 4. The maximum absolute atomic E-state index is 13.6. The Balaban J connectivity index is 1.64. The van der Waals surface area contributed by atoms with Gasteiger partial charge in [0, 0.05) is 13.0 Å².